The molecule has 0 amide bonds. The minimum atomic E-state index is -4.21. The average Bonchev–Trinajstić information content (AvgIpc) is 2.55. The molecule has 2 rings (SSSR count). The molecule has 2 aromatic rings. The first-order chi connectivity index (χ1) is 11.7. The summed E-state index contributed by atoms with van der Waals surface area (Å²) < 4.78 is 34.2. The van der Waals surface area contributed by atoms with Crippen molar-refractivity contribution < 1.29 is 27.1 Å². The van der Waals surface area contributed by atoms with E-state index in [0.29, 0.717) is 0 Å². The molecule has 25 heavy (non-hydrogen) atoms. The van der Waals surface area contributed by atoms with Crippen LogP contribution < -0.4 is 4.18 Å². The van der Waals surface area contributed by atoms with Gasteiger partial charge in [-0.05, 0) is 32.0 Å². The van der Waals surface area contributed by atoms with Crippen molar-refractivity contribution >= 4 is 21.8 Å². The summed E-state index contributed by atoms with van der Waals surface area (Å²) in [4.78, 5) is 22.1. The van der Waals surface area contributed by atoms with Crippen LogP contribution in [-0.4, -0.2) is 26.4 Å². The fourth-order valence-corrected chi connectivity index (χ4v) is 3.03. The number of nitro benzene ring substituents is 1. The standard InChI is InChI=1S/C16H15NO7S/c1-10-4-6-13(7-5-10)25(21,22)24-12-8-14(16(18)23-3)11(2)15(9-12)17(19)20/h4-9H,1-3H3. The number of hydrogen-bond acceptors (Lipinski definition) is 7. The maximum atomic E-state index is 12.3. The van der Waals surface area contributed by atoms with E-state index in [4.69, 9.17) is 4.18 Å². The molecular formula is C16H15NO7S. The summed E-state index contributed by atoms with van der Waals surface area (Å²) in [6, 6.07) is 7.94. The Morgan fingerprint density at radius 2 is 1.72 bits per heavy atom. The van der Waals surface area contributed by atoms with Crippen molar-refractivity contribution in [2.75, 3.05) is 7.11 Å². The highest BCUT2D eigenvalue weighted by atomic mass is 32.2. The van der Waals surface area contributed by atoms with E-state index in [0.717, 1.165) is 24.8 Å². The smallest absolute Gasteiger partial charge is 0.339 e. The molecule has 8 nitrogen and oxygen atoms in total. The van der Waals surface area contributed by atoms with Gasteiger partial charge < -0.3 is 8.92 Å². The first-order valence-corrected chi connectivity index (χ1v) is 8.45. The largest absolute Gasteiger partial charge is 0.465 e. The Morgan fingerprint density at radius 1 is 1.12 bits per heavy atom. The van der Waals surface area contributed by atoms with Gasteiger partial charge in [-0.25, -0.2) is 4.79 Å². The zero-order valence-corrected chi connectivity index (χ0v) is 14.5. The van der Waals surface area contributed by atoms with Gasteiger partial charge in [0.2, 0.25) is 0 Å². The zero-order chi connectivity index (χ0) is 18.8. The van der Waals surface area contributed by atoms with Crippen LogP contribution in [-0.2, 0) is 14.9 Å². The van der Waals surface area contributed by atoms with E-state index in [9.17, 15) is 23.3 Å². The fourth-order valence-electron chi connectivity index (χ4n) is 2.11. The highest BCUT2D eigenvalue weighted by Crippen LogP contribution is 2.30. The van der Waals surface area contributed by atoms with Crippen LogP contribution in [0.3, 0.4) is 0 Å². The van der Waals surface area contributed by atoms with Gasteiger partial charge in [0.25, 0.3) is 5.69 Å². The molecule has 0 heterocycles. The maximum absolute atomic E-state index is 12.3. The van der Waals surface area contributed by atoms with E-state index < -0.39 is 26.7 Å². The van der Waals surface area contributed by atoms with Crippen LogP contribution in [0, 0.1) is 24.0 Å². The van der Waals surface area contributed by atoms with Crippen LogP contribution in [0.5, 0.6) is 5.75 Å². The molecule has 0 aliphatic heterocycles. The summed E-state index contributed by atoms with van der Waals surface area (Å²) in [6.45, 7) is 3.16. The monoisotopic (exact) mass is 365 g/mol. The minimum Gasteiger partial charge on any atom is -0.465 e. The molecule has 132 valence electrons. The number of carbonyl (C=O) groups excluding carboxylic acids is 1. The van der Waals surface area contributed by atoms with Crippen LogP contribution in [0.2, 0.25) is 0 Å². The third-order valence-corrected chi connectivity index (χ3v) is 4.73. The Bertz CT molecular complexity index is 934. The van der Waals surface area contributed by atoms with Crippen molar-refractivity contribution in [3.05, 3.63) is 63.2 Å². The summed E-state index contributed by atoms with van der Waals surface area (Å²) in [5.41, 5.74) is 0.317. The van der Waals surface area contributed by atoms with Crippen molar-refractivity contribution in [2.45, 2.75) is 18.7 Å². The van der Waals surface area contributed by atoms with Crippen LogP contribution in [0.4, 0.5) is 5.69 Å². The van der Waals surface area contributed by atoms with Gasteiger partial charge in [0.1, 0.15) is 4.90 Å². The zero-order valence-electron chi connectivity index (χ0n) is 13.7. The van der Waals surface area contributed by atoms with Gasteiger partial charge in [-0.1, -0.05) is 17.7 Å². The molecule has 0 radical (unpaired) electrons. The Kier molecular flexibility index (Phi) is 5.07. The van der Waals surface area contributed by atoms with Crippen molar-refractivity contribution in [2.24, 2.45) is 0 Å². The highest BCUT2D eigenvalue weighted by Gasteiger charge is 2.24. The van der Waals surface area contributed by atoms with Gasteiger partial charge in [-0.3, -0.25) is 10.1 Å². The lowest BCUT2D eigenvalue weighted by atomic mass is 10.1. The molecular weight excluding hydrogens is 350 g/mol. The molecule has 0 atom stereocenters. The molecule has 0 fully saturated rings. The number of ether oxygens (including phenoxy) is 1. The molecule has 0 bridgehead atoms. The Hall–Kier alpha value is -2.94. The summed E-state index contributed by atoms with van der Waals surface area (Å²) in [5, 5.41) is 11.2. The maximum Gasteiger partial charge on any atom is 0.339 e. The van der Waals surface area contributed by atoms with E-state index in [-0.39, 0.29) is 21.8 Å². The third kappa shape index (κ3) is 3.94. The van der Waals surface area contributed by atoms with E-state index >= 15 is 0 Å². The Morgan fingerprint density at radius 3 is 2.24 bits per heavy atom. The molecule has 0 aliphatic rings. The molecule has 0 unspecified atom stereocenters. The molecule has 0 spiro atoms. The predicted molar refractivity (Wildman–Crippen MR) is 88.2 cm³/mol. The molecule has 0 aliphatic carbocycles. The van der Waals surface area contributed by atoms with Crippen LogP contribution in [0.1, 0.15) is 21.5 Å². The first kappa shape index (κ1) is 18.4. The van der Waals surface area contributed by atoms with Crippen LogP contribution in [0.15, 0.2) is 41.3 Å². The second-order valence-corrected chi connectivity index (χ2v) is 6.76. The predicted octanol–water partition coefficient (Wildman–Crippen LogP) is 2.77. The normalized spacial score (nSPS) is 11.0. The van der Waals surface area contributed by atoms with Gasteiger partial charge in [0.05, 0.1) is 23.7 Å². The Labute approximate surface area is 144 Å². The summed E-state index contributed by atoms with van der Waals surface area (Å²) in [7, 11) is -3.09. The number of nitro groups is 1. The molecule has 9 heteroatoms. The second kappa shape index (κ2) is 6.89. The van der Waals surface area contributed by atoms with E-state index in [2.05, 4.69) is 4.74 Å². The topological polar surface area (TPSA) is 113 Å². The average molecular weight is 365 g/mol. The molecule has 0 N–H and O–H groups in total. The number of benzene rings is 2. The number of aryl methyl sites for hydroxylation is 1. The van der Waals surface area contributed by atoms with Crippen molar-refractivity contribution in [3.8, 4) is 5.75 Å². The lowest BCUT2D eigenvalue weighted by molar-refractivity contribution is -0.385. The molecule has 0 saturated heterocycles. The summed E-state index contributed by atoms with van der Waals surface area (Å²) in [6.07, 6.45) is 0. The highest BCUT2D eigenvalue weighted by molar-refractivity contribution is 7.87. The number of rotatable bonds is 5. The van der Waals surface area contributed by atoms with Crippen LogP contribution >= 0.6 is 0 Å². The van der Waals surface area contributed by atoms with E-state index in [1.54, 1.807) is 19.1 Å². The first-order valence-electron chi connectivity index (χ1n) is 7.04. The third-order valence-electron chi connectivity index (χ3n) is 3.47. The SMILES string of the molecule is COC(=O)c1cc(OS(=O)(=O)c2ccc(C)cc2)cc([N+](=O)[O-])c1C. The minimum absolute atomic E-state index is 0.0527. The fraction of sp³-hybridized carbons (Fsp3) is 0.188. The number of esters is 1. The number of carbonyl (C=O) groups is 1. The molecule has 2 aromatic carbocycles. The summed E-state index contributed by atoms with van der Waals surface area (Å²) in [5.74, 6) is -1.18. The number of hydrogen-bond donors (Lipinski definition) is 0. The second-order valence-electron chi connectivity index (χ2n) is 5.21. The van der Waals surface area contributed by atoms with Gasteiger partial charge >= 0.3 is 16.1 Å². The molecule has 0 aromatic heterocycles. The Balaban J connectivity index is 2.51. The van der Waals surface area contributed by atoms with Crippen molar-refractivity contribution in [1.82, 2.24) is 0 Å². The van der Waals surface area contributed by atoms with Gasteiger partial charge in [-0.15, -0.1) is 0 Å². The van der Waals surface area contributed by atoms with Crippen molar-refractivity contribution in [1.29, 1.82) is 0 Å². The quantitative estimate of drug-likeness (QED) is 0.346. The number of nitrogens with zero attached hydrogens (tertiary/aromatic N) is 1. The van der Waals surface area contributed by atoms with Gasteiger partial charge in [0.15, 0.2) is 5.75 Å². The van der Waals surface area contributed by atoms with Gasteiger partial charge in [-0.2, -0.15) is 8.42 Å². The summed E-state index contributed by atoms with van der Waals surface area (Å²) >= 11 is 0. The molecule has 0 saturated carbocycles. The lowest BCUT2D eigenvalue weighted by Gasteiger charge is -2.10. The lowest BCUT2D eigenvalue weighted by Crippen LogP contribution is -2.12. The van der Waals surface area contributed by atoms with Crippen molar-refractivity contribution in [3.63, 3.8) is 0 Å². The van der Waals surface area contributed by atoms with Crippen LogP contribution in [0.25, 0.3) is 0 Å². The number of methoxy groups -OCH3 is 1. The van der Waals surface area contributed by atoms with Gasteiger partial charge in [0, 0.05) is 5.56 Å². The van der Waals surface area contributed by atoms with E-state index in [1.165, 1.54) is 19.1 Å². The van der Waals surface area contributed by atoms with E-state index in [1.807, 2.05) is 0 Å².